The molecule has 0 aromatic heterocycles. The summed E-state index contributed by atoms with van der Waals surface area (Å²) in [5.41, 5.74) is 2.93. The summed E-state index contributed by atoms with van der Waals surface area (Å²) in [4.78, 5) is 12.6. The Hall–Kier alpha value is -3.19. The Labute approximate surface area is 202 Å². The Bertz CT molecular complexity index is 1070. The molecule has 1 amide bonds. The van der Waals surface area contributed by atoms with Crippen molar-refractivity contribution < 1.29 is 23.7 Å². The van der Waals surface area contributed by atoms with Crippen LogP contribution in [-0.2, 0) is 24.2 Å². The van der Waals surface area contributed by atoms with Crippen LogP contribution in [-0.4, -0.2) is 33.8 Å². The first-order valence-electron chi connectivity index (χ1n) is 10.5. The van der Waals surface area contributed by atoms with Crippen LogP contribution in [0, 0.1) is 0 Å². The van der Waals surface area contributed by atoms with Gasteiger partial charge in [0.2, 0.25) is 5.91 Å². The molecule has 33 heavy (non-hydrogen) atoms. The van der Waals surface area contributed by atoms with E-state index < -0.39 is 0 Å². The molecule has 0 aliphatic heterocycles. The molecule has 0 aliphatic rings. The lowest BCUT2D eigenvalue weighted by atomic mass is 10.1. The van der Waals surface area contributed by atoms with Gasteiger partial charge < -0.3 is 24.3 Å². The molecule has 0 saturated heterocycles. The zero-order chi connectivity index (χ0) is 23.6. The number of nitrogens with one attached hydrogen (secondary N) is 1. The van der Waals surface area contributed by atoms with Crippen molar-refractivity contribution in [3.63, 3.8) is 0 Å². The Morgan fingerprint density at radius 3 is 2.21 bits per heavy atom. The van der Waals surface area contributed by atoms with E-state index in [-0.39, 0.29) is 12.3 Å². The van der Waals surface area contributed by atoms with Crippen molar-refractivity contribution in [1.29, 1.82) is 0 Å². The van der Waals surface area contributed by atoms with E-state index in [0.29, 0.717) is 42.6 Å². The second-order valence-electron chi connectivity index (χ2n) is 7.33. The monoisotopic (exact) mass is 513 g/mol. The van der Waals surface area contributed by atoms with Crippen LogP contribution >= 0.6 is 15.9 Å². The van der Waals surface area contributed by atoms with Gasteiger partial charge in [0.05, 0.1) is 27.8 Å². The van der Waals surface area contributed by atoms with E-state index in [2.05, 4.69) is 21.2 Å². The molecule has 3 aromatic carbocycles. The molecule has 0 unspecified atom stereocenters. The van der Waals surface area contributed by atoms with Crippen molar-refractivity contribution in [2.24, 2.45) is 0 Å². The zero-order valence-corrected chi connectivity index (χ0v) is 20.6. The summed E-state index contributed by atoms with van der Waals surface area (Å²) in [7, 11) is 4.80. The fraction of sp³-hybridized carbons (Fsp3) is 0.269. The Balaban J connectivity index is 1.59. The van der Waals surface area contributed by atoms with Gasteiger partial charge in [-0.3, -0.25) is 4.79 Å². The third-order valence-electron chi connectivity index (χ3n) is 5.10. The maximum atomic E-state index is 12.6. The number of carbonyl (C=O) groups excluding carboxylic acids is 1. The van der Waals surface area contributed by atoms with E-state index in [4.69, 9.17) is 18.9 Å². The highest BCUT2D eigenvalue weighted by Crippen LogP contribution is 2.34. The fourth-order valence-corrected chi connectivity index (χ4v) is 3.80. The van der Waals surface area contributed by atoms with Crippen LogP contribution in [0.4, 0.5) is 0 Å². The van der Waals surface area contributed by atoms with Crippen LogP contribution in [0.25, 0.3) is 0 Å². The molecule has 0 spiro atoms. The highest BCUT2D eigenvalue weighted by molar-refractivity contribution is 9.10. The van der Waals surface area contributed by atoms with Gasteiger partial charge in [0.25, 0.3) is 0 Å². The third-order valence-corrected chi connectivity index (χ3v) is 5.84. The minimum absolute atomic E-state index is 0.0737. The molecule has 3 aromatic rings. The number of halogens is 1. The summed E-state index contributed by atoms with van der Waals surface area (Å²) in [6, 6.07) is 19.3. The van der Waals surface area contributed by atoms with Gasteiger partial charge in [0, 0.05) is 11.0 Å². The summed E-state index contributed by atoms with van der Waals surface area (Å²) >= 11 is 3.54. The molecule has 0 heterocycles. The number of ether oxygens (including phenoxy) is 4. The molecule has 0 radical (unpaired) electrons. The number of methoxy groups -OCH3 is 3. The highest BCUT2D eigenvalue weighted by Gasteiger charge is 2.14. The zero-order valence-electron chi connectivity index (χ0n) is 19.0. The molecule has 0 bridgehead atoms. The Kier molecular flexibility index (Phi) is 9.01. The number of hydrogen-bond donors (Lipinski definition) is 1. The SMILES string of the molecule is COc1ccc(CCNC(=O)Cc2cc(OCc3ccccc3)c(OC)cc2Br)cc1OC. The highest BCUT2D eigenvalue weighted by atomic mass is 79.9. The maximum absolute atomic E-state index is 12.6. The number of hydrogen-bond acceptors (Lipinski definition) is 5. The van der Waals surface area contributed by atoms with Crippen molar-refractivity contribution in [3.05, 3.63) is 81.8 Å². The van der Waals surface area contributed by atoms with Gasteiger partial charge in [-0.2, -0.15) is 0 Å². The molecule has 6 nitrogen and oxygen atoms in total. The lowest BCUT2D eigenvalue weighted by Gasteiger charge is -2.14. The molecule has 174 valence electrons. The minimum atomic E-state index is -0.0737. The van der Waals surface area contributed by atoms with E-state index in [1.54, 1.807) is 21.3 Å². The normalized spacial score (nSPS) is 10.4. The average molecular weight is 514 g/mol. The van der Waals surface area contributed by atoms with Gasteiger partial charge in [-0.05, 0) is 47.4 Å². The van der Waals surface area contributed by atoms with E-state index in [1.165, 1.54) is 0 Å². The molecule has 1 N–H and O–H groups in total. The molecule has 3 rings (SSSR count). The largest absolute Gasteiger partial charge is 0.493 e. The predicted molar refractivity (Wildman–Crippen MR) is 131 cm³/mol. The average Bonchev–Trinajstić information content (AvgIpc) is 2.84. The van der Waals surface area contributed by atoms with Gasteiger partial charge in [-0.15, -0.1) is 0 Å². The van der Waals surface area contributed by atoms with Gasteiger partial charge in [0.15, 0.2) is 23.0 Å². The summed E-state index contributed by atoms with van der Waals surface area (Å²) in [6.07, 6.45) is 0.902. The van der Waals surface area contributed by atoms with Crippen LogP contribution < -0.4 is 24.3 Å². The van der Waals surface area contributed by atoms with E-state index in [9.17, 15) is 4.79 Å². The van der Waals surface area contributed by atoms with Crippen LogP contribution in [0.1, 0.15) is 16.7 Å². The fourth-order valence-electron chi connectivity index (χ4n) is 3.34. The molecule has 7 heteroatoms. The van der Waals surface area contributed by atoms with Crippen LogP contribution in [0.2, 0.25) is 0 Å². The smallest absolute Gasteiger partial charge is 0.224 e. The first-order valence-corrected chi connectivity index (χ1v) is 11.3. The topological polar surface area (TPSA) is 66.0 Å². The number of amides is 1. The molecule has 0 fully saturated rings. The van der Waals surface area contributed by atoms with Crippen LogP contribution in [0.15, 0.2) is 65.1 Å². The molecule has 0 atom stereocenters. The van der Waals surface area contributed by atoms with Crippen LogP contribution in [0.5, 0.6) is 23.0 Å². The van der Waals surface area contributed by atoms with Crippen LogP contribution in [0.3, 0.4) is 0 Å². The number of benzene rings is 3. The van der Waals surface area contributed by atoms with Gasteiger partial charge >= 0.3 is 0 Å². The second kappa shape index (κ2) is 12.2. The molecule has 0 saturated carbocycles. The Morgan fingerprint density at radius 2 is 1.52 bits per heavy atom. The van der Waals surface area contributed by atoms with Gasteiger partial charge in [0.1, 0.15) is 6.61 Å². The quantitative estimate of drug-likeness (QED) is 0.392. The van der Waals surface area contributed by atoms with E-state index in [0.717, 1.165) is 21.2 Å². The van der Waals surface area contributed by atoms with E-state index in [1.807, 2.05) is 60.7 Å². The first-order chi connectivity index (χ1) is 16.0. The second-order valence-corrected chi connectivity index (χ2v) is 8.19. The third kappa shape index (κ3) is 6.89. The predicted octanol–water partition coefficient (Wildman–Crippen LogP) is 4.96. The van der Waals surface area contributed by atoms with Gasteiger partial charge in [-0.25, -0.2) is 0 Å². The summed E-state index contributed by atoms with van der Waals surface area (Å²) in [5, 5.41) is 2.97. The molecular weight excluding hydrogens is 486 g/mol. The lowest BCUT2D eigenvalue weighted by Crippen LogP contribution is -2.27. The summed E-state index contributed by atoms with van der Waals surface area (Å²) < 4.78 is 22.8. The number of rotatable bonds is 11. The van der Waals surface area contributed by atoms with E-state index >= 15 is 0 Å². The lowest BCUT2D eigenvalue weighted by molar-refractivity contribution is -0.120. The molecular formula is C26H28BrNO5. The summed E-state index contributed by atoms with van der Waals surface area (Å²) in [6.45, 7) is 0.926. The Morgan fingerprint density at radius 1 is 0.818 bits per heavy atom. The standard InChI is InChI=1S/C26H28BrNO5/c1-30-22-10-9-18(13-23(22)31-2)11-12-28-26(29)15-20-14-25(24(32-3)16-21(20)27)33-17-19-7-5-4-6-8-19/h4-10,13-14,16H,11-12,15,17H2,1-3H3,(H,28,29). The van der Waals surface area contributed by atoms with Crippen molar-refractivity contribution in [2.75, 3.05) is 27.9 Å². The maximum Gasteiger partial charge on any atom is 0.224 e. The minimum Gasteiger partial charge on any atom is -0.493 e. The molecule has 0 aliphatic carbocycles. The van der Waals surface area contributed by atoms with Gasteiger partial charge in [-0.1, -0.05) is 52.3 Å². The first kappa shape index (κ1) is 24.5. The summed E-state index contributed by atoms with van der Waals surface area (Å²) in [5.74, 6) is 2.48. The van der Waals surface area contributed by atoms with Crippen molar-refractivity contribution >= 4 is 21.8 Å². The van der Waals surface area contributed by atoms with Crippen molar-refractivity contribution in [1.82, 2.24) is 5.32 Å². The van der Waals surface area contributed by atoms with Crippen molar-refractivity contribution in [2.45, 2.75) is 19.4 Å². The number of carbonyl (C=O) groups is 1. The van der Waals surface area contributed by atoms with Crippen molar-refractivity contribution in [3.8, 4) is 23.0 Å².